The largest absolute Gasteiger partial charge is 0.511 e. The third kappa shape index (κ3) is 5.05. The summed E-state index contributed by atoms with van der Waals surface area (Å²) in [6.45, 7) is 4.51. The predicted molar refractivity (Wildman–Crippen MR) is 148 cm³/mol. The topological polar surface area (TPSA) is 176 Å². The molecule has 2 aromatic rings. The molecule has 1 unspecified atom stereocenters. The van der Waals surface area contributed by atoms with Crippen molar-refractivity contribution in [2.24, 2.45) is 29.4 Å². The highest BCUT2D eigenvalue weighted by Gasteiger charge is 2.50. The number of allylic oxidation sites excluding steroid dienone is 3. The fraction of sp³-hybridized carbons (Fsp3) is 0.355. The maximum atomic E-state index is 13.7. The van der Waals surface area contributed by atoms with Gasteiger partial charge in [0.2, 0.25) is 0 Å². The second kappa shape index (κ2) is 10.8. The molecule has 2 aromatic carbocycles. The number of aromatic hydroxyl groups is 1. The van der Waals surface area contributed by atoms with Gasteiger partial charge in [-0.25, -0.2) is 4.79 Å². The quantitative estimate of drug-likeness (QED) is 0.329. The van der Waals surface area contributed by atoms with E-state index in [-0.39, 0.29) is 35.8 Å². The summed E-state index contributed by atoms with van der Waals surface area (Å²) in [5.41, 5.74) is 7.86. The van der Waals surface area contributed by atoms with Gasteiger partial charge in [-0.15, -0.1) is 0 Å². The maximum Gasteiger partial charge on any atom is 0.407 e. The average Bonchev–Trinajstić information content (AvgIpc) is 2.90. The minimum atomic E-state index is -1.15. The van der Waals surface area contributed by atoms with Gasteiger partial charge in [-0.3, -0.25) is 14.4 Å². The minimum absolute atomic E-state index is 0.0169. The van der Waals surface area contributed by atoms with Crippen LogP contribution in [0.15, 0.2) is 59.1 Å². The van der Waals surface area contributed by atoms with Crippen LogP contribution in [0.3, 0.4) is 0 Å². The van der Waals surface area contributed by atoms with Crippen molar-refractivity contribution < 1.29 is 39.2 Å². The predicted octanol–water partition coefficient (Wildman–Crippen LogP) is 4.01. The van der Waals surface area contributed by atoms with Crippen molar-refractivity contribution in [3.8, 4) is 16.9 Å². The first-order valence-corrected chi connectivity index (χ1v) is 13.6. The zero-order chi connectivity index (χ0) is 29.6. The summed E-state index contributed by atoms with van der Waals surface area (Å²) < 4.78 is 5.13. The van der Waals surface area contributed by atoms with Crippen LogP contribution in [-0.2, 0) is 27.3 Å². The number of ether oxygens (including phenoxy) is 1. The van der Waals surface area contributed by atoms with E-state index in [2.05, 4.69) is 5.32 Å². The fourth-order valence-corrected chi connectivity index (χ4v) is 6.18. The standard InChI is InChI=1S/C31H32N2O8/c1-14(2)13-41-31(40)33-12-15-3-5-16(6-4-15)19-7-8-21(34)25-20(19)10-17-9-18-11-22(35)26(30(32)39)29(38)24(18)27(36)23(17)28(25)37/h3-8,14,17-18,24,34-36H,9-13H2,1-2H3,(H2,32,39)(H,33,40)/t17-,18+,24?/m1/s1. The van der Waals surface area contributed by atoms with Crippen molar-refractivity contribution >= 4 is 23.6 Å². The first-order valence-electron chi connectivity index (χ1n) is 13.6. The summed E-state index contributed by atoms with van der Waals surface area (Å²) in [4.78, 5) is 50.4. The average molecular weight is 561 g/mol. The molecular weight excluding hydrogens is 528 g/mol. The number of phenolic OH excluding ortho intramolecular Hbond substituents is 1. The van der Waals surface area contributed by atoms with Gasteiger partial charge in [0, 0.05) is 18.5 Å². The zero-order valence-electron chi connectivity index (χ0n) is 22.8. The van der Waals surface area contributed by atoms with Crippen LogP contribution in [0, 0.1) is 23.7 Å². The Bertz CT molecular complexity index is 1520. The number of carbonyl (C=O) groups is 4. The van der Waals surface area contributed by atoms with E-state index in [4.69, 9.17) is 10.5 Å². The second-order valence-corrected chi connectivity index (χ2v) is 11.3. The first-order chi connectivity index (χ1) is 19.5. The van der Waals surface area contributed by atoms with E-state index >= 15 is 0 Å². The van der Waals surface area contributed by atoms with Crippen LogP contribution in [0.1, 0.15) is 48.2 Å². The van der Waals surface area contributed by atoms with Gasteiger partial charge in [-0.05, 0) is 58.9 Å². The lowest BCUT2D eigenvalue weighted by Crippen LogP contribution is -2.43. The molecule has 0 saturated heterocycles. The SMILES string of the molecule is CC(C)COC(=O)NCc1ccc(-c2ccc(O)c3c2C[C@H]2C[C@H]4CC(O)=C(C(N)=O)C(=O)C4C(O)=C2C3=O)cc1. The van der Waals surface area contributed by atoms with Gasteiger partial charge in [0.05, 0.1) is 18.1 Å². The molecule has 0 saturated carbocycles. The Hall–Kier alpha value is -4.60. The van der Waals surface area contributed by atoms with Crippen LogP contribution < -0.4 is 11.1 Å². The van der Waals surface area contributed by atoms with Crippen molar-refractivity contribution in [2.75, 3.05) is 6.61 Å². The summed E-state index contributed by atoms with van der Waals surface area (Å²) in [5.74, 6) is -5.39. The molecule has 0 fully saturated rings. The van der Waals surface area contributed by atoms with Gasteiger partial charge in [0.15, 0.2) is 11.6 Å². The monoisotopic (exact) mass is 560 g/mol. The highest BCUT2D eigenvalue weighted by Crippen LogP contribution is 2.50. The van der Waals surface area contributed by atoms with E-state index in [0.717, 1.165) is 16.7 Å². The van der Waals surface area contributed by atoms with Crippen LogP contribution in [-0.4, -0.2) is 45.5 Å². The third-order valence-electron chi connectivity index (χ3n) is 8.02. The van der Waals surface area contributed by atoms with Gasteiger partial charge < -0.3 is 31.1 Å². The smallest absolute Gasteiger partial charge is 0.407 e. The molecule has 0 aliphatic heterocycles. The van der Waals surface area contributed by atoms with Crippen LogP contribution in [0.25, 0.3) is 11.1 Å². The lowest BCUT2D eigenvalue weighted by Gasteiger charge is -2.41. The van der Waals surface area contributed by atoms with E-state index < -0.39 is 58.4 Å². The molecule has 3 aliphatic rings. The number of hydrogen-bond donors (Lipinski definition) is 5. The van der Waals surface area contributed by atoms with Crippen molar-refractivity contribution in [2.45, 2.75) is 39.7 Å². The molecule has 10 nitrogen and oxygen atoms in total. The Kier molecular flexibility index (Phi) is 7.33. The summed E-state index contributed by atoms with van der Waals surface area (Å²) in [7, 11) is 0. The number of nitrogens with two attached hydrogens (primary N) is 1. The van der Waals surface area contributed by atoms with Crippen LogP contribution in [0.2, 0.25) is 0 Å². The van der Waals surface area contributed by atoms with Crippen molar-refractivity contribution in [3.05, 3.63) is 75.8 Å². The zero-order valence-corrected chi connectivity index (χ0v) is 22.8. The number of aliphatic hydroxyl groups is 2. The number of phenols is 1. The molecule has 0 spiro atoms. The van der Waals surface area contributed by atoms with Crippen LogP contribution >= 0.6 is 0 Å². The lowest BCUT2D eigenvalue weighted by molar-refractivity contribution is -0.126. The molecule has 0 bridgehead atoms. The minimum Gasteiger partial charge on any atom is -0.511 e. The van der Waals surface area contributed by atoms with E-state index in [9.17, 15) is 34.5 Å². The number of nitrogens with one attached hydrogen (secondary N) is 1. The number of carbonyl (C=O) groups excluding carboxylic acids is 4. The Labute approximate surface area is 236 Å². The Morgan fingerprint density at radius 2 is 1.76 bits per heavy atom. The number of benzene rings is 2. The lowest BCUT2D eigenvalue weighted by atomic mass is 9.62. The van der Waals surface area contributed by atoms with E-state index in [1.165, 1.54) is 6.07 Å². The fourth-order valence-electron chi connectivity index (χ4n) is 6.18. The molecule has 6 N–H and O–H groups in total. The highest BCUT2D eigenvalue weighted by molar-refractivity contribution is 6.22. The molecule has 0 radical (unpaired) electrons. The van der Waals surface area contributed by atoms with Gasteiger partial charge >= 0.3 is 6.09 Å². The normalized spacial score (nSPS) is 21.8. The summed E-state index contributed by atoms with van der Waals surface area (Å²) >= 11 is 0. The number of rotatable bonds is 6. The molecule has 214 valence electrons. The number of ketones is 2. The van der Waals surface area contributed by atoms with Crippen LogP contribution in [0.4, 0.5) is 4.79 Å². The van der Waals surface area contributed by atoms with Crippen molar-refractivity contribution in [1.82, 2.24) is 5.32 Å². The molecule has 5 rings (SSSR count). The summed E-state index contributed by atoms with van der Waals surface area (Å²) in [6.07, 6.45) is 0.130. The maximum absolute atomic E-state index is 13.7. The van der Waals surface area contributed by atoms with Crippen molar-refractivity contribution in [3.63, 3.8) is 0 Å². The first kappa shape index (κ1) is 27.9. The number of primary amides is 1. The van der Waals surface area contributed by atoms with E-state index in [0.29, 0.717) is 25.0 Å². The Morgan fingerprint density at radius 1 is 1.05 bits per heavy atom. The van der Waals surface area contributed by atoms with E-state index in [1.807, 2.05) is 38.1 Å². The Morgan fingerprint density at radius 3 is 2.41 bits per heavy atom. The number of fused-ring (bicyclic) bond motifs is 3. The van der Waals surface area contributed by atoms with E-state index in [1.54, 1.807) is 6.07 Å². The molecular formula is C31H32N2O8. The van der Waals surface area contributed by atoms with Gasteiger partial charge in [-0.1, -0.05) is 44.2 Å². The van der Waals surface area contributed by atoms with Crippen molar-refractivity contribution in [1.29, 1.82) is 0 Å². The molecule has 10 heteroatoms. The molecule has 3 aliphatic carbocycles. The number of aliphatic hydroxyl groups excluding tert-OH is 2. The van der Waals surface area contributed by atoms with Gasteiger partial charge in [0.25, 0.3) is 5.91 Å². The molecule has 0 aromatic heterocycles. The van der Waals surface area contributed by atoms with Gasteiger partial charge in [0.1, 0.15) is 22.8 Å². The number of Topliss-reactive ketones (excluding diaryl/α,β-unsaturated/α-hetero) is 2. The summed E-state index contributed by atoms with van der Waals surface area (Å²) in [6, 6.07) is 10.6. The highest BCUT2D eigenvalue weighted by atomic mass is 16.5. The number of hydrogen-bond acceptors (Lipinski definition) is 8. The van der Waals surface area contributed by atoms with Gasteiger partial charge in [-0.2, -0.15) is 0 Å². The molecule has 3 atom stereocenters. The third-order valence-corrected chi connectivity index (χ3v) is 8.02. The second-order valence-electron chi connectivity index (χ2n) is 11.3. The van der Waals surface area contributed by atoms with Crippen LogP contribution in [0.5, 0.6) is 5.75 Å². The number of alkyl carbamates (subject to hydrolysis) is 1. The molecule has 2 amide bonds. The molecule has 0 heterocycles. The molecule has 41 heavy (non-hydrogen) atoms. The number of amides is 2. The summed E-state index contributed by atoms with van der Waals surface area (Å²) in [5, 5.41) is 34.9. The Balaban J connectivity index is 1.43.